The summed E-state index contributed by atoms with van der Waals surface area (Å²) in [5.74, 6) is 2.10. The van der Waals surface area contributed by atoms with E-state index in [-0.39, 0.29) is 0 Å². The van der Waals surface area contributed by atoms with Crippen molar-refractivity contribution in [3.63, 3.8) is 0 Å². The Morgan fingerprint density at radius 3 is 2.70 bits per heavy atom. The number of nitrogens with one attached hydrogen (secondary N) is 1. The summed E-state index contributed by atoms with van der Waals surface area (Å²) < 4.78 is 6.74. The SMILES string of the molecule is Cc1nc2cc(Oc3ccc(Cl)c(I)c3)c(Cl)cc2[nH]1. The van der Waals surface area contributed by atoms with Crippen LogP contribution in [-0.2, 0) is 0 Å². The van der Waals surface area contributed by atoms with Crippen LogP contribution in [-0.4, -0.2) is 9.97 Å². The van der Waals surface area contributed by atoms with E-state index < -0.39 is 0 Å². The van der Waals surface area contributed by atoms with Gasteiger partial charge in [0.1, 0.15) is 17.3 Å². The number of aryl methyl sites for hydroxylation is 1. The fourth-order valence-electron chi connectivity index (χ4n) is 1.88. The first kappa shape index (κ1) is 14.0. The second kappa shape index (κ2) is 5.42. The van der Waals surface area contributed by atoms with Gasteiger partial charge < -0.3 is 9.72 Å². The molecule has 0 aliphatic carbocycles. The number of imidazole rings is 1. The molecule has 0 unspecified atom stereocenters. The minimum absolute atomic E-state index is 0.533. The number of aromatic amines is 1. The number of ether oxygens (including phenoxy) is 1. The Morgan fingerprint density at radius 1 is 1.15 bits per heavy atom. The van der Waals surface area contributed by atoms with E-state index in [1.54, 1.807) is 12.1 Å². The van der Waals surface area contributed by atoms with Crippen molar-refractivity contribution in [1.82, 2.24) is 9.97 Å². The van der Waals surface area contributed by atoms with E-state index in [0.717, 1.165) is 20.4 Å². The van der Waals surface area contributed by atoms with E-state index >= 15 is 0 Å². The molecule has 20 heavy (non-hydrogen) atoms. The summed E-state index contributed by atoms with van der Waals surface area (Å²) in [6.07, 6.45) is 0. The van der Waals surface area contributed by atoms with E-state index in [2.05, 4.69) is 32.6 Å². The summed E-state index contributed by atoms with van der Waals surface area (Å²) in [5.41, 5.74) is 1.72. The Labute approximate surface area is 139 Å². The Kier molecular flexibility index (Phi) is 3.79. The topological polar surface area (TPSA) is 37.9 Å². The highest BCUT2D eigenvalue weighted by Crippen LogP contribution is 2.34. The molecule has 3 aromatic rings. The lowest BCUT2D eigenvalue weighted by molar-refractivity contribution is 0.483. The Balaban J connectivity index is 2.00. The van der Waals surface area contributed by atoms with Gasteiger partial charge >= 0.3 is 0 Å². The van der Waals surface area contributed by atoms with Crippen molar-refractivity contribution in [2.24, 2.45) is 0 Å². The first-order chi connectivity index (χ1) is 9.52. The molecule has 0 atom stereocenters. The van der Waals surface area contributed by atoms with Crippen molar-refractivity contribution in [3.8, 4) is 11.5 Å². The van der Waals surface area contributed by atoms with Crippen LogP contribution < -0.4 is 4.74 Å². The molecule has 0 aliphatic rings. The lowest BCUT2D eigenvalue weighted by Gasteiger charge is -2.08. The second-order valence-corrected chi connectivity index (χ2v) is 6.28. The van der Waals surface area contributed by atoms with Crippen molar-refractivity contribution in [2.75, 3.05) is 0 Å². The lowest BCUT2D eigenvalue weighted by atomic mass is 10.3. The molecule has 3 nitrogen and oxygen atoms in total. The van der Waals surface area contributed by atoms with Gasteiger partial charge in [-0.15, -0.1) is 0 Å². The minimum Gasteiger partial charge on any atom is -0.456 e. The van der Waals surface area contributed by atoms with Gasteiger partial charge in [-0.1, -0.05) is 23.2 Å². The number of hydrogen-bond donors (Lipinski definition) is 1. The van der Waals surface area contributed by atoms with Crippen LogP contribution in [0.5, 0.6) is 11.5 Å². The largest absolute Gasteiger partial charge is 0.456 e. The van der Waals surface area contributed by atoms with Gasteiger partial charge in [0.2, 0.25) is 0 Å². The minimum atomic E-state index is 0.533. The average Bonchev–Trinajstić information content (AvgIpc) is 2.73. The summed E-state index contributed by atoms with van der Waals surface area (Å²) in [6, 6.07) is 9.10. The molecule has 0 bridgehead atoms. The van der Waals surface area contributed by atoms with Crippen LogP contribution in [0.4, 0.5) is 0 Å². The molecule has 6 heteroatoms. The average molecular weight is 419 g/mol. The summed E-state index contributed by atoms with van der Waals surface area (Å²) in [6.45, 7) is 1.90. The van der Waals surface area contributed by atoms with Gasteiger partial charge in [-0.05, 0) is 53.8 Å². The summed E-state index contributed by atoms with van der Waals surface area (Å²) in [4.78, 5) is 7.51. The number of aromatic nitrogens is 2. The van der Waals surface area contributed by atoms with Gasteiger partial charge in [-0.25, -0.2) is 4.98 Å². The maximum Gasteiger partial charge on any atom is 0.148 e. The smallest absolute Gasteiger partial charge is 0.148 e. The molecule has 0 aliphatic heterocycles. The molecule has 0 saturated heterocycles. The first-order valence-corrected chi connectivity index (χ1v) is 7.65. The molecular formula is C14H9Cl2IN2O. The molecule has 1 heterocycles. The highest BCUT2D eigenvalue weighted by Gasteiger charge is 2.09. The second-order valence-electron chi connectivity index (χ2n) is 4.30. The maximum absolute atomic E-state index is 6.23. The molecule has 0 amide bonds. The van der Waals surface area contributed by atoms with Gasteiger partial charge in [0.25, 0.3) is 0 Å². The quantitative estimate of drug-likeness (QED) is 0.552. The van der Waals surface area contributed by atoms with Gasteiger partial charge in [-0.2, -0.15) is 0 Å². The molecule has 0 radical (unpaired) electrons. The zero-order valence-corrected chi connectivity index (χ0v) is 14.0. The third kappa shape index (κ3) is 2.73. The summed E-state index contributed by atoms with van der Waals surface area (Å²) >= 11 is 14.4. The Bertz CT molecular complexity index is 801. The number of fused-ring (bicyclic) bond motifs is 1. The zero-order chi connectivity index (χ0) is 14.3. The molecular weight excluding hydrogens is 410 g/mol. The van der Waals surface area contributed by atoms with Crippen molar-refractivity contribution in [2.45, 2.75) is 6.92 Å². The van der Waals surface area contributed by atoms with Crippen LogP contribution in [0.3, 0.4) is 0 Å². The molecule has 102 valence electrons. The van der Waals surface area contributed by atoms with Crippen molar-refractivity contribution < 1.29 is 4.74 Å². The van der Waals surface area contributed by atoms with Gasteiger partial charge in [0, 0.05) is 9.64 Å². The third-order valence-electron chi connectivity index (χ3n) is 2.77. The van der Waals surface area contributed by atoms with Gasteiger partial charge in [0.15, 0.2) is 0 Å². The monoisotopic (exact) mass is 418 g/mol. The number of H-pyrrole nitrogens is 1. The standard InChI is InChI=1S/C14H9Cl2IN2O/c1-7-18-12-5-10(16)14(6-13(12)19-7)20-8-2-3-9(15)11(17)4-8/h2-6H,1H3,(H,18,19). The highest BCUT2D eigenvalue weighted by atomic mass is 127. The number of rotatable bonds is 2. The number of hydrogen-bond acceptors (Lipinski definition) is 2. The lowest BCUT2D eigenvalue weighted by Crippen LogP contribution is -1.87. The zero-order valence-electron chi connectivity index (χ0n) is 10.4. The maximum atomic E-state index is 6.23. The molecule has 0 saturated carbocycles. The predicted octanol–water partition coefficient (Wildman–Crippen LogP) is 5.58. The summed E-state index contributed by atoms with van der Waals surface area (Å²) in [7, 11) is 0. The Hall–Kier alpha value is -0.980. The van der Waals surface area contributed by atoms with Crippen LogP contribution in [0.25, 0.3) is 11.0 Å². The van der Waals surface area contributed by atoms with Crippen LogP contribution in [0, 0.1) is 10.5 Å². The van der Waals surface area contributed by atoms with Crippen LogP contribution in [0.1, 0.15) is 5.82 Å². The number of halogens is 3. The van der Waals surface area contributed by atoms with E-state index in [4.69, 9.17) is 27.9 Å². The normalized spacial score (nSPS) is 11.0. The molecule has 3 rings (SSSR count). The molecule has 0 fully saturated rings. The Morgan fingerprint density at radius 2 is 1.95 bits per heavy atom. The van der Waals surface area contributed by atoms with Crippen LogP contribution >= 0.6 is 45.8 Å². The van der Waals surface area contributed by atoms with Gasteiger partial charge in [-0.3, -0.25) is 0 Å². The number of benzene rings is 2. The molecule has 0 spiro atoms. The fraction of sp³-hybridized carbons (Fsp3) is 0.0714. The molecule has 1 N–H and O–H groups in total. The van der Waals surface area contributed by atoms with Crippen molar-refractivity contribution >= 4 is 56.8 Å². The van der Waals surface area contributed by atoms with E-state index in [1.807, 2.05) is 25.1 Å². The predicted molar refractivity (Wildman–Crippen MR) is 90.1 cm³/mol. The van der Waals surface area contributed by atoms with Crippen molar-refractivity contribution in [1.29, 1.82) is 0 Å². The van der Waals surface area contributed by atoms with Gasteiger partial charge in [0.05, 0.1) is 21.1 Å². The fourth-order valence-corrected chi connectivity index (χ4v) is 2.69. The van der Waals surface area contributed by atoms with Crippen LogP contribution in [0.15, 0.2) is 30.3 Å². The molecule has 2 aromatic carbocycles. The molecule has 1 aromatic heterocycles. The van der Waals surface area contributed by atoms with E-state index in [0.29, 0.717) is 21.5 Å². The van der Waals surface area contributed by atoms with E-state index in [9.17, 15) is 0 Å². The highest BCUT2D eigenvalue weighted by molar-refractivity contribution is 14.1. The number of nitrogens with zero attached hydrogens (tertiary/aromatic N) is 1. The first-order valence-electron chi connectivity index (χ1n) is 5.82. The van der Waals surface area contributed by atoms with Crippen LogP contribution in [0.2, 0.25) is 10.0 Å². The third-order valence-corrected chi connectivity index (χ3v) is 4.61. The van der Waals surface area contributed by atoms with E-state index in [1.165, 1.54) is 0 Å². The van der Waals surface area contributed by atoms with Crippen molar-refractivity contribution in [3.05, 3.63) is 49.8 Å². The summed E-state index contributed by atoms with van der Waals surface area (Å²) in [5, 5.41) is 1.23.